The molecule has 112 valence electrons. The molecule has 1 fully saturated rings. The molecule has 1 unspecified atom stereocenters. The number of rotatable bonds is 4. The summed E-state index contributed by atoms with van der Waals surface area (Å²) in [4.78, 5) is 1.85. The van der Waals surface area contributed by atoms with Crippen LogP contribution in [0.3, 0.4) is 0 Å². The molecule has 1 saturated heterocycles. The quantitative estimate of drug-likeness (QED) is 0.906. The minimum absolute atomic E-state index is 0.143. The van der Waals surface area contributed by atoms with E-state index in [-0.39, 0.29) is 5.69 Å². The summed E-state index contributed by atoms with van der Waals surface area (Å²) in [6.45, 7) is 8.11. The van der Waals surface area contributed by atoms with Crippen molar-refractivity contribution in [3.8, 4) is 0 Å². The summed E-state index contributed by atoms with van der Waals surface area (Å²) in [6.07, 6.45) is 2.13. The average molecular weight is 282 g/mol. The molecule has 1 aromatic carbocycles. The van der Waals surface area contributed by atoms with Crippen molar-refractivity contribution >= 4 is 5.69 Å². The number of nitrogens with zero attached hydrogens (tertiary/aromatic N) is 1. The fraction of sp³-hybridized carbons (Fsp3) is 0.625. The molecule has 20 heavy (non-hydrogen) atoms. The molecule has 4 heteroatoms. The Bertz CT molecular complexity index is 437. The molecule has 1 aliphatic heterocycles. The van der Waals surface area contributed by atoms with Crippen LogP contribution >= 0.6 is 0 Å². The minimum Gasteiger partial charge on any atom is -0.367 e. The largest absolute Gasteiger partial charge is 0.367 e. The van der Waals surface area contributed by atoms with Crippen LogP contribution in [0, 0.1) is 17.6 Å². The Hall–Kier alpha value is -1.16. The van der Waals surface area contributed by atoms with Gasteiger partial charge in [-0.15, -0.1) is 0 Å². The van der Waals surface area contributed by atoms with Crippen LogP contribution in [0.4, 0.5) is 14.5 Å². The lowest BCUT2D eigenvalue weighted by Gasteiger charge is -2.33. The molecule has 0 bridgehead atoms. The van der Waals surface area contributed by atoms with Gasteiger partial charge in [-0.25, -0.2) is 8.78 Å². The average Bonchev–Trinajstić information content (AvgIpc) is 2.35. The van der Waals surface area contributed by atoms with Gasteiger partial charge in [-0.2, -0.15) is 0 Å². The predicted molar refractivity (Wildman–Crippen MR) is 78.9 cm³/mol. The summed E-state index contributed by atoms with van der Waals surface area (Å²) in [5.41, 5.74) is 0.798. The third-order valence-electron chi connectivity index (χ3n) is 3.76. The van der Waals surface area contributed by atoms with Gasteiger partial charge in [0.1, 0.15) is 17.3 Å². The molecule has 0 aliphatic carbocycles. The highest BCUT2D eigenvalue weighted by Crippen LogP contribution is 2.29. The molecule has 1 heterocycles. The van der Waals surface area contributed by atoms with Crippen molar-refractivity contribution in [2.45, 2.75) is 46.2 Å². The number of benzene rings is 1. The smallest absolute Gasteiger partial charge is 0.149 e. The summed E-state index contributed by atoms with van der Waals surface area (Å²) >= 11 is 0. The lowest BCUT2D eigenvalue weighted by atomic mass is 9.99. The fourth-order valence-corrected chi connectivity index (χ4v) is 2.74. The summed E-state index contributed by atoms with van der Waals surface area (Å²) in [7, 11) is 0. The Morgan fingerprint density at radius 1 is 1.30 bits per heavy atom. The third-order valence-corrected chi connectivity index (χ3v) is 3.76. The van der Waals surface area contributed by atoms with Gasteiger partial charge in [-0.3, -0.25) is 0 Å². The Kier molecular flexibility index (Phi) is 4.97. The first kappa shape index (κ1) is 15.2. The van der Waals surface area contributed by atoms with Crippen molar-refractivity contribution in [1.82, 2.24) is 5.32 Å². The van der Waals surface area contributed by atoms with Crippen molar-refractivity contribution in [3.63, 3.8) is 0 Å². The van der Waals surface area contributed by atoms with E-state index in [9.17, 15) is 8.78 Å². The van der Waals surface area contributed by atoms with E-state index in [4.69, 9.17) is 0 Å². The predicted octanol–water partition coefficient (Wildman–Crippen LogP) is 3.70. The SMILES string of the molecule is CC1CCCN(c2c(F)cc(CNC(C)C)cc2F)C1. The van der Waals surface area contributed by atoms with E-state index < -0.39 is 11.6 Å². The zero-order chi connectivity index (χ0) is 14.7. The summed E-state index contributed by atoms with van der Waals surface area (Å²) < 4.78 is 28.5. The van der Waals surface area contributed by atoms with Crippen molar-refractivity contribution in [3.05, 3.63) is 29.3 Å². The van der Waals surface area contributed by atoms with Crippen molar-refractivity contribution in [1.29, 1.82) is 0 Å². The molecule has 1 aromatic rings. The molecule has 0 aromatic heterocycles. The van der Waals surface area contributed by atoms with Gasteiger partial charge in [0.2, 0.25) is 0 Å². The lowest BCUT2D eigenvalue weighted by molar-refractivity contribution is 0.435. The molecule has 2 rings (SSSR count). The molecule has 2 nitrogen and oxygen atoms in total. The third kappa shape index (κ3) is 3.69. The number of nitrogens with one attached hydrogen (secondary N) is 1. The zero-order valence-corrected chi connectivity index (χ0v) is 12.5. The molecule has 1 atom stereocenters. The van der Waals surface area contributed by atoms with E-state index in [0.29, 0.717) is 24.1 Å². The first-order valence-corrected chi connectivity index (χ1v) is 7.43. The molecule has 0 radical (unpaired) electrons. The second-order valence-corrected chi connectivity index (χ2v) is 6.14. The zero-order valence-electron chi connectivity index (χ0n) is 12.5. The lowest BCUT2D eigenvalue weighted by Crippen LogP contribution is -2.35. The molecule has 1 N–H and O–H groups in total. The first-order valence-electron chi connectivity index (χ1n) is 7.43. The van der Waals surface area contributed by atoms with Crippen molar-refractivity contribution in [2.75, 3.05) is 18.0 Å². The highest BCUT2D eigenvalue weighted by Gasteiger charge is 2.22. The van der Waals surface area contributed by atoms with E-state index in [1.54, 1.807) is 0 Å². The van der Waals surface area contributed by atoms with Crippen LogP contribution in [0.1, 0.15) is 39.2 Å². The van der Waals surface area contributed by atoms with E-state index in [1.165, 1.54) is 12.1 Å². The van der Waals surface area contributed by atoms with Gasteiger partial charge in [0, 0.05) is 25.7 Å². The molecule has 0 spiro atoms. The van der Waals surface area contributed by atoms with Gasteiger partial charge in [0.25, 0.3) is 0 Å². The van der Waals surface area contributed by atoms with E-state index in [0.717, 1.165) is 25.9 Å². The second kappa shape index (κ2) is 6.53. The van der Waals surface area contributed by atoms with Crippen LogP contribution in [0.5, 0.6) is 0 Å². The van der Waals surface area contributed by atoms with Gasteiger partial charge in [-0.05, 0) is 36.5 Å². The number of halogens is 2. The summed E-state index contributed by atoms with van der Waals surface area (Å²) in [6, 6.07) is 3.20. The van der Waals surface area contributed by atoms with E-state index in [1.807, 2.05) is 18.7 Å². The first-order chi connectivity index (χ1) is 9.47. The van der Waals surface area contributed by atoms with Crippen LogP contribution in [-0.4, -0.2) is 19.1 Å². The Balaban J connectivity index is 2.17. The Morgan fingerprint density at radius 3 is 2.50 bits per heavy atom. The van der Waals surface area contributed by atoms with E-state index in [2.05, 4.69) is 12.2 Å². The van der Waals surface area contributed by atoms with Gasteiger partial charge < -0.3 is 10.2 Å². The molecule has 0 amide bonds. The van der Waals surface area contributed by atoms with Crippen LogP contribution in [0.25, 0.3) is 0 Å². The topological polar surface area (TPSA) is 15.3 Å². The molecular formula is C16H24F2N2. The van der Waals surface area contributed by atoms with Gasteiger partial charge in [0.05, 0.1) is 0 Å². The van der Waals surface area contributed by atoms with Gasteiger partial charge >= 0.3 is 0 Å². The molecule has 0 saturated carbocycles. The highest BCUT2D eigenvalue weighted by atomic mass is 19.1. The standard InChI is InChI=1S/C16H24F2N2/c1-11(2)19-9-13-7-14(17)16(15(18)8-13)20-6-4-5-12(3)10-20/h7-8,11-12,19H,4-6,9-10H2,1-3H3. The number of hydrogen-bond acceptors (Lipinski definition) is 2. The second-order valence-electron chi connectivity index (χ2n) is 6.14. The maximum Gasteiger partial charge on any atom is 0.149 e. The van der Waals surface area contributed by atoms with Gasteiger partial charge in [0.15, 0.2) is 0 Å². The number of piperidine rings is 1. The Labute approximate surface area is 120 Å². The van der Waals surface area contributed by atoms with Gasteiger partial charge in [-0.1, -0.05) is 20.8 Å². The number of hydrogen-bond donors (Lipinski definition) is 1. The maximum atomic E-state index is 14.2. The van der Waals surface area contributed by atoms with Crippen molar-refractivity contribution in [2.24, 2.45) is 5.92 Å². The van der Waals surface area contributed by atoms with Crippen LogP contribution < -0.4 is 10.2 Å². The normalized spacial score (nSPS) is 19.7. The maximum absolute atomic E-state index is 14.2. The molecule has 1 aliphatic rings. The minimum atomic E-state index is -0.445. The number of anilines is 1. The summed E-state index contributed by atoms with van der Waals surface area (Å²) in [5.74, 6) is -0.399. The van der Waals surface area contributed by atoms with Crippen LogP contribution in [0.2, 0.25) is 0 Å². The van der Waals surface area contributed by atoms with Crippen molar-refractivity contribution < 1.29 is 8.78 Å². The van der Waals surface area contributed by atoms with Crippen LogP contribution in [0.15, 0.2) is 12.1 Å². The van der Waals surface area contributed by atoms with E-state index >= 15 is 0 Å². The molecular weight excluding hydrogens is 258 g/mol. The fourth-order valence-electron chi connectivity index (χ4n) is 2.74. The monoisotopic (exact) mass is 282 g/mol. The van der Waals surface area contributed by atoms with Crippen LogP contribution in [-0.2, 0) is 6.54 Å². The highest BCUT2D eigenvalue weighted by molar-refractivity contribution is 5.51. The Morgan fingerprint density at radius 2 is 1.95 bits per heavy atom. The summed E-state index contributed by atoms with van der Waals surface area (Å²) in [5, 5.41) is 3.18.